The number of nitrogens with one attached hydrogen (secondary N) is 1. The minimum atomic E-state index is -0.342. The highest BCUT2D eigenvalue weighted by molar-refractivity contribution is 7.18. The van der Waals surface area contributed by atoms with E-state index in [9.17, 15) is 14.7 Å². The summed E-state index contributed by atoms with van der Waals surface area (Å²) in [5.41, 5.74) is 1.30. The van der Waals surface area contributed by atoms with Crippen LogP contribution < -0.4 is 11.0 Å². The van der Waals surface area contributed by atoms with Crippen LogP contribution in [0.4, 0.5) is 0 Å². The van der Waals surface area contributed by atoms with Gasteiger partial charge in [0.1, 0.15) is 17.9 Å². The van der Waals surface area contributed by atoms with Crippen molar-refractivity contribution in [3.8, 4) is 5.82 Å². The van der Waals surface area contributed by atoms with Crippen molar-refractivity contribution in [2.75, 3.05) is 0 Å². The Morgan fingerprint density at radius 2 is 2.11 bits per heavy atom. The van der Waals surface area contributed by atoms with E-state index in [2.05, 4.69) is 33.8 Å². The number of pyridine rings is 1. The van der Waals surface area contributed by atoms with Crippen molar-refractivity contribution in [3.63, 3.8) is 0 Å². The Morgan fingerprint density at radius 1 is 1.29 bits per heavy atom. The Kier molecular flexibility index (Phi) is 7.69. The second-order valence-corrected chi connectivity index (χ2v) is 11.8. The van der Waals surface area contributed by atoms with Gasteiger partial charge < -0.3 is 15.0 Å². The Hall–Kier alpha value is -3.02. The van der Waals surface area contributed by atoms with Crippen LogP contribution in [0.15, 0.2) is 29.2 Å². The van der Waals surface area contributed by atoms with Crippen molar-refractivity contribution < 1.29 is 9.90 Å². The van der Waals surface area contributed by atoms with Crippen LogP contribution in [-0.4, -0.2) is 45.9 Å². The maximum atomic E-state index is 13.0. The van der Waals surface area contributed by atoms with Crippen molar-refractivity contribution in [1.29, 1.82) is 0 Å². The minimum Gasteiger partial charge on any atom is -0.388 e. The first-order valence-electron chi connectivity index (χ1n) is 13.0. The summed E-state index contributed by atoms with van der Waals surface area (Å²) in [6.45, 7) is 6.23. The van der Waals surface area contributed by atoms with Gasteiger partial charge >= 0.3 is 5.69 Å². The van der Waals surface area contributed by atoms with Gasteiger partial charge in [0, 0.05) is 31.1 Å². The molecule has 1 aliphatic rings. The molecule has 4 aromatic heterocycles. The lowest BCUT2D eigenvalue weighted by molar-refractivity contribution is 0.0925. The Morgan fingerprint density at radius 3 is 2.76 bits per heavy atom. The fraction of sp³-hybridized carbons (Fsp3) is 0.500. The number of aliphatic hydroxyl groups excluding tert-OH is 1. The lowest BCUT2D eigenvalue weighted by atomic mass is 9.90. The van der Waals surface area contributed by atoms with Crippen LogP contribution in [0.3, 0.4) is 0 Å². The molecular weight excluding hydrogens is 526 g/mol. The zero-order valence-electron chi connectivity index (χ0n) is 21.7. The molecule has 4 heterocycles. The van der Waals surface area contributed by atoms with E-state index in [-0.39, 0.29) is 30.3 Å². The molecule has 1 fully saturated rings. The van der Waals surface area contributed by atoms with E-state index in [1.807, 2.05) is 13.0 Å². The fourth-order valence-corrected chi connectivity index (χ4v) is 6.26. The molecule has 0 aromatic carbocycles. The van der Waals surface area contributed by atoms with Crippen LogP contribution in [0.1, 0.15) is 73.8 Å². The lowest BCUT2D eigenvalue weighted by Gasteiger charge is -2.32. The quantitative estimate of drug-likeness (QED) is 0.336. The summed E-state index contributed by atoms with van der Waals surface area (Å²) in [5, 5.41) is 17.2. The molecule has 0 bridgehead atoms. The molecule has 10 nitrogen and oxygen atoms in total. The highest BCUT2D eigenvalue weighted by Crippen LogP contribution is 2.34. The predicted octanol–water partition coefficient (Wildman–Crippen LogP) is 4.12. The fourth-order valence-electron chi connectivity index (χ4n) is 5.31. The highest BCUT2D eigenvalue weighted by Gasteiger charge is 2.29. The summed E-state index contributed by atoms with van der Waals surface area (Å²) in [7, 11) is 0. The average molecular weight is 558 g/mol. The summed E-state index contributed by atoms with van der Waals surface area (Å²) in [6, 6.07) is 5.52. The average Bonchev–Trinajstić information content (AvgIpc) is 3.57. The molecule has 0 aliphatic heterocycles. The molecule has 5 rings (SSSR count). The zero-order valence-corrected chi connectivity index (χ0v) is 23.3. The van der Waals surface area contributed by atoms with Crippen LogP contribution in [0, 0.1) is 5.92 Å². The van der Waals surface area contributed by atoms with Gasteiger partial charge in [-0.05, 0) is 50.7 Å². The Balaban J connectivity index is 1.51. The van der Waals surface area contributed by atoms with Gasteiger partial charge in [-0.15, -0.1) is 16.4 Å². The minimum absolute atomic E-state index is 0.0303. The van der Waals surface area contributed by atoms with E-state index in [0.29, 0.717) is 33.3 Å². The van der Waals surface area contributed by atoms with E-state index >= 15 is 0 Å². The third kappa shape index (κ3) is 5.14. The van der Waals surface area contributed by atoms with Gasteiger partial charge in [-0.25, -0.2) is 14.8 Å². The van der Waals surface area contributed by atoms with Crippen molar-refractivity contribution in [1.82, 2.24) is 34.2 Å². The van der Waals surface area contributed by atoms with E-state index in [1.54, 1.807) is 18.3 Å². The molecular formula is C26H32ClN7O3S. The monoisotopic (exact) mass is 557 g/mol. The molecule has 0 spiro atoms. The Bertz CT molecular complexity index is 1520. The zero-order chi connectivity index (χ0) is 27.0. The van der Waals surface area contributed by atoms with Crippen molar-refractivity contribution in [2.24, 2.45) is 5.92 Å². The third-order valence-corrected chi connectivity index (χ3v) is 8.21. The number of carbonyl (C=O) groups excluding carboxylic acids is 1. The van der Waals surface area contributed by atoms with Gasteiger partial charge in [0.15, 0.2) is 11.6 Å². The largest absolute Gasteiger partial charge is 0.388 e. The second kappa shape index (κ2) is 11.0. The second-order valence-electron chi connectivity index (χ2n) is 10.1. The highest BCUT2D eigenvalue weighted by atomic mass is 35.5. The number of rotatable bonds is 8. The summed E-state index contributed by atoms with van der Waals surface area (Å²) >= 11 is 7.31. The van der Waals surface area contributed by atoms with Gasteiger partial charge in [0.25, 0.3) is 5.91 Å². The van der Waals surface area contributed by atoms with Crippen molar-refractivity contribution in [2.45, 2.75) is 78.1 Å². The molecule has 202 valence electrons. The molecule has 0 unspecified atom stereocenters. The van der Waals surface area contributed by atoms with Crippen LogP contribution in [0.5, 0.6) is 0 Å². The normalized spacial score (nSPS) is 17.9. The number of aliphatic hydroxyl groups is 1. The molecule has 0 saturated heterocycles. The maximum Gasteiger partial charge on any atom is 0.352 e. The van der Waals surface area contributed by atoms with Gasteiger partial charge in [0.2, 0.25) is 0 Å². The van der Waals surface area contributed by atoms with E-state index in [1.165, 1.54) is 20.6 Å². The predicted molar refractivity (Wildman–Crippen MR) is 147 cm³/mol. The lowest BCUT2D eigenvalue weighted by Crippen LogP contribution is -2.38. The molecule has 2 N–H and O–H groups in total. The van der Waals surface area contributed by atoms with Gasteiger partial charge in [0.05, 0.1) is 20.9 Å². The third-order valence-electron chi connectivity index (χ3n) is 6.98. The first-order valence-corrected chi connectivity index (χ1v) is 14.2. The summed E-state index contributed by atoms with van der Waals surface area (Å²) in [5.74, 6) is 1.96. The van der Waals surface area contributed by atoms with E-state index in [4.69, 9.17) is 16.6 Å². The summed E-state index contributed by atoms with van der Waals surface area (Å²) in [4.78, 5) is 35.8. The maximum absolute atomic E-state index is 13.0. The smallest absolute Gasteiger partial charge is 0.352 e. The van der Waals surface area contributed by atoms with Gasteiger partial charge in [-0.3, -0.25) is 9.36 Å². The Labute approximate surface area is 229 Å². The summed E-state index contributed by atoms with van der Waals surface area (Å²) < 4.78 is 5.54. The molecule has 38 heavy (non-hydrogen) atoms. The molecule has 1 aliphatic carbocycles. The van der Waals surface area contributed by atoms with Gasteiger partial charge in [-0.2, -0.15) is 4.68 Å². The number of hydrogen-bond acceptors (Lipinski definition) is 7. The molecule has 4 aromatic rings. The van der Waals surface area contributed by atoms with Crippen LogP contribution in [0.25, 0.3) is 16.9 Å². The van der Waals surface area contributed by atoms with Crippen LogP contribution in [0.2, 0.25) is 4.34 Å². The number of nitrogens with zero attached hydrogens (tertiary/aromatic N) is 6. The topological polar surface area (TPSA) is 120 Å². The van der Waals surface area contributed by atoms with Crippen LogP contribution in [-0.2, 0) is 19.6 Å². The standard InChI is InChI=1S/C26H32ClN7O3S/c1-4-32-24(14-35)31-34(26(32)37)22-12-19-18(13-28-22)30-23(10-15(2)3)33(19)17-7-5-6-16(11-17)29-25(36)20-8-9-21(27)38-20/h8-9,12-13,15-17,35H,4-7,10-11,14H2,1-3H3,(H,29,36)/t16-,17+/m0/s1. The number of amides is 1. The summed E-state index contributed by atoms with van der Waals surface area (Å²) in [6.07, 6.45) is 6.10. The molecule has 12 heteroatoms. The number of fused-ring (bicyclic) bond motifs is 1. The number of aromatic nitrogens is 6. The number of carbonyl (C=O) groups is 1. The number of halogens is 1. The molecule has 2 atom stereocenters. The van der Waals surface area contributed by atoms with Gasteiger partial charge in [-0.1, -0.05) is 25.4 Å². The van der Waals surface area contributed by atoms with E-state index in [0.717, 1.165) is 49.0 Å². The van der Waals surface area contributed by atoms with Crippen molar-refractivity contribution in [3.05, 3.63) is 55.7 Å². The van der Waals surface area contributed by atoms with Crippen LogP contribution >= 0.6 is 22.9 Å². The van der Waals surface area contributed by atoms with Crippen molar-refractivity contribution >= 4 is 39.9 Å². The molecule has 1 saturated carbocycles. The first kappa shape index (κ1) is 26.6. The number of thiophene rings is 1. The number of hydrogen-bond donors (Lipinski definition) is 2. The SMILES string of the molecule is CCn1c(CO)nn(-c2cc3c(cn2)nc(CC(C)C)n3[C@@H]2CCC[C@H](NC(=O)c3ccc(Cl)s3)C2)c1=O. The molecule has 1 amide bonds. The number of imidazole rings is 1. The first-order chi connectivity index (χ1) is 18.3. The van der Waals surface area contributed by atoms with E-state index < -0.39 is 0 Å². The molecule has 0 radical (unpaired) electrons.